The molecule has 1 aromatic carbocycles. The Morgan fingerprint density at radius 3 is 2.77 bits per heavy atom. The number of nitrogens with zero attached hydrogens (tertiary/aromatic N) is 1. The van der Waals surface area contributed by atoms with E-state index in [-0.39, 0.29) is 24.4 Å². The molecule has 0 saturated heterocycles. The number of aromatic nitrogens is 1. The Labute approximate surface area is 132 Å². The normalized spacial score (nSPS) is 15.6. The van der Waals surface area contributed by atoms with E-state index in [4.69, 9.17) is 4.74 Å². The first-order chi connectivity index (χ1) is 10.7. The number of carbonyl (C=O) groups excluding carboxylic acids is 2. The van der Waals surface area contributed by atoms with E-state index in [0.717, 1.165) is 35.9 Å². The highest BCUT2D eigenvalue weighted by atomic mass is 32.1. The van der Waals surface area contributed by atoms with Gasteiger partial charge < -0.3 is 4.74 Å². The standard InChI is InChI=1S/C16H18N2O3S/c19-14(10-21-15(20)11-6-2-1-3-7-11)18-16-17-12-8-4-5-9-13(12)22-16/h4-5,8-9,11H,1-3,6-7,10H2,(H,17,18,19). The zero-order valence-corrected chi connectivity index (χ0v) is 13.0. The van der Waals surface area contributed by atoms with Crippen LogP contribution in [0.3, 0.4) is 0 Å². The first-order valence-electron chi connectivity index (χ1n) is 7.54. The average molecular weight is 318 g/mol. The summed E-state index contributed by atoms with van der Waals surface area (Å²) in [5.41, 5.74) is 0.849. The Morgan fingerprint density at radius 1 is 1.23 bits per heavy atom. The molecule has 3 rings (SSSR count). The molecule has 22 heavy (non-hydrogen) atoms. The van der Waals surface area contributed by atoms with Crippen LogP contribution in [0, 0.1) is 5.92 Å². The SMILES string of the molecule is O=C(COC(=O)C1CCCCC1)Nc1nc2ccccc2s1. The Morgan fingerprint density at radius 2 is 2.00 bits per heavy atom. The second-order valence-corrected chi connectivity index (χ2v) is 6.51. The fourth-order valence-corrected chi connectivity index (χ4v) is 3.56. The van der Waals surface area contributed by atoms with E-state index >= 15 is 0 Å². The van der Waals surface area contributed by atoms with E-state index < -0.39 is 0 Å². The van der Waals surface area contributed by atoms with Gasteiger partial charge in [-0.2, -0.15) is 0 Å². The second kappa shape index (κ2) is 6.87. The molecule has 1 fully saturated rings. The number of nitrogens with one attached hydrogen (secondary N) is 1. The molecule has 0 atom stereocenters. The fourth-order valence-electron chi connectivity index (χ4n) is 2.67. The minimum absolute atomic E-state index is 0.0380. The van der Waals surface area contributed by atoms with Gasteiger partial charge in [-0.25, -0.2) is 4.98 Å². The molecule has 0 unspecified atom stereocenters. The predicted octanol–water partition coefficient (Wildman–Crippen LogP) is 3.36. The lowest BCUT2D eigenvalue weighted by Gasteiger charge is -2.19. The van der Waals surface area contributed by atoms with Crippen molar-refractivity contribution in [2.75, 3.05) is 11.9 Å². The molecule has 1 aliphatic rings. The van der Waals surface area contributed by atoms with Crippen molar-refractivity contribution < 1.29 is 14.3 Å². The van der Waals surface area contributed by atoms with Crippen LogP contribution in [-0.4, -0.2) is 23.5 Å². The van der Waals surface area contributed by atoms with Crippen molar-refractivity contribution in [1.29, 1.82) is 0 Å². The van der Waals surface area contributed by atoms with Crippen LogP contribution in [0.2, 0.25) is 0 Å². The van der Waals surface area contributed by atoms with Gasteiger partial charge in [-0.15, -0.1) is 0 Å². The molecular formula is C16H18N2O3S. The van der Waals surface area contributed by atoms with Crippen LogP contribution < -0.4 is 5.32 Å². The number of hydrogen-bond acceptors (Lipinski definition) is 5. The smallest absolute Gasteiger partial charge is 0.309 e. The highest BCUT2D eigenvalue weighted by Crippen LogP contribution is 2.26. The quantitative estimate of drug-likeness (QED) is 0.878. The third-order valence-electron chi connectivity index (χ3n) is 3.82. The Balaban J connectivity index is 1.50. The lowest BCUT2D eigenvalue weighted by Crippen LogP contribution is -2.25. The molecule has 1 N–H and O–H groups in total. The fraction of sp³-hybridized carbons (Fsp3) is 0.438. The van der Waals surface area contributed by atoms with E-state index in [0.29, 0.717) is 5.13 Å². The van der Waals surface area contributed by atoms with E-state index in [1.165, 1.54) is 17.8 Å². The summed E-state index contributed by atoms with van der Waals surface area (Å²) in [5, 5.41) is 3.21. The maximum Gasteiger partial charge on any atom is 0.309 e. The molecule has 0 radical (unpaired) electrons. The monoisotopic (exact) mass is 318 g/mol. The van der Waals surface area contributed by atoms with E-state index in [1.54, 1.807) is 0 Å². The van der Waals surface area contributed by atoms with Crippen LogP contribution in [0.4, 0.5) is 5.13 Å². The van der Waals surface area contributed by atoms with Crippen molar-refractivity contribution in [3.8, 4) is 0 Å². The highest BCUT2D eigenvalue weighted by Gasteiger charge is 2.23. The molecule has 2 aromatic rings. The summed E-state index contributed by atoms with van der Waals surface area (Å²) >= 11 is 1.40. The third-order valence-corrected chi connectivity index (χ3v) is 4.78. The minimum Gasteiger partial charge on any atom is -0.455 e. The minimum atomic E-state index is -0.344. The van der Waals surface area contributed by atoms with Crippen LogP contribution >= 0.6 is 11.3 Å². The second-order valence-electron chi connectivity index (χ2n) is 5.48. The molecule has 1 heterocycles. The van der Waals surface area contributed by atoms with Crippen molar-refractivity contribution >= 4 is 38.6 Å². The molecule has 116 valence electrons. The summed E-state index contributed by atoms with van der Waals surface area (Å²) in [7, 11) is 0. The van der Waals surface area contributed by atoms with E-state index in [2.05, 4.69) is 10.3 Å². The number of para-hydroxylation sites is 1. The molecule has 0 aliphatic heterocycles. The van der Waals surface area contributed by atoms with E-state index in [9.17, 15) is 9.59 Å². The van der Waals surface area contributed by atoms with Crippen molar-refractivity contribution in [2.24, 2.45) is 5.92 Å². The van der Waals surface area contributed by atoms with Gasteiger partial charge in [0.15, 0.2) is 11.7 Å². The number of carbonyl (C=O) groups is 2. The largest absolute Gasteiger partial charge is 0.455 e. The predicted molar refractivity (Wildman–Crippen MR) is 85.8 cm³/mol. The maximum atomic E-state index is 11.9. The summed E-state index contributed by atoms with van der Waals surface area (Å²) in [6.45, 7) is -0.245. The topological polar surface area (TPSA) is 68.3 Å². The van der Waals surface area contributed by atoms with Crippen LogP contribution in [0.15, 0.2) is 24.3 Å². The van der Waals surface area contributed by atoms with E-state index in [1.807, 2.05) is 24.3 Å². The Kier molecular flexibility index (Phi) is 4.68. The number of anilines is 1. The summed E-state index contributed by atoms with van der Waals surface area (Å²) in [5.74, 6) is -0.633. The number of benzene rings is 1. The van der Waals surface area contributed by atoms with Crippen LogP contribution in [-0.2, 0) is 14.3 Å². The van der Waals surface area contributed by atoms with Gasteiger partial charge in [0.05, 0.1) is 16.1 Å². The molecule has 6 heteroatoms. The Bertz CT molecular complexity index is 644. The zero-order chi connectivity index (χ0) is 15.4. The van der Waals surface area contributed by atoms with Gasteiger partial charge in [0.25, 0.3) is 5.91 Å². The first kappa shape index (κ1) is 15.0. The summed E-state index contributed by atoms with van der Waals surface area (Å²) in [6.07, 6.45) is 5.06. The number of fused-ring (bicyclic) bond motifs is 1. The summed E-state index contributed by atoms with van der Waals surface area (Å²) < 4.78 is 6.13. The van der Waals surface area contributed by atoms with Gasteiger partial charge in [-0.1, -0.05) is 42.7 Å². The van der Waals surface area contributed by atoms with Crippen molar-refractivity contribution in [3.63, 3.8) is 0 Å². The molecule has 1 saturated carbocycles. The van der Waals surface area contributed by atoms with Gasteiger partial charge in [0.2, 0.25) is 0 Å². The lowest BCUT2D eigenvalue weighted by molar-refractivity contribution is -0.152. The van der Waals surface area contributed by atoms with Gasteiger partial charge >= 0.3 is 5.97 Å². The first-order valence-corrected chi connectivity index (χ1v) is 8.36. The number of hydrogen-bond donors (Lipinski definition) is 1. The van der Waals surface area contributed by atoms with Gasteiger partial charge in [-0.05, 0) is 25.0 Å². The molecule has 5 nitrogen and oxygen atoms in total. The van der Waals surface area contributed by atoms with Crippen molar-refractivity contribution in [3.05, 3.63) is 24.3 Å². The third kappa shape index (κ3) is 3.62. The van der Waals surface area contributed by atoms with Crippen LogP contribution in [0.1, 0.15) is 32.1 Å². The average Bonchev–Trinajstić information content (AvgIpc) is 2.95. The maximum absolute atomic E-state index is 11.9. The van der Waals surface area contributed by atoms with Crippen molar-refractivity contribution in [1.82, 2.24) is 4.98 Å². The van der Waals surface area contributed by atoms with Gasteiger partial charge in [0, 0.05) is 0 Å². The molecule has 0 bridgehead atoms. The van der Waals surface area contributed by atoms with Gasteiger partial charge in [-0.3, -0.25) is 14.9 Å². The van der Waals surface area contributed by atoms with Gasteiger partial charge in [0.1, 0.15) is 0 Å². The van der Waals surface area contributed by atoms with Crippen molar-refractivity contribution in [2.45, 2.75) is 32.1 Å². The molecule has 1 amide bonds. The zero-order valence-electron chi connectivity index (χ0n) is 12.2. The van der Waals surface area contributed by atoms with Crippen LogP contribution in [0.5, 0.6) is 0 Å². The molecule has 1 aromatic heterocycles. The summed E-state index contributed by atoms with van der Waals surface area (Å²) in [4.78, 5) is 28.1. The number of amides is 1. The van der Waals surface area contributed by atoms with Crippen LogP contribution in [0.25, 0.3) is 10.2 Å². The molecule has 1 aliphatic carbocycles. The number of thiazole rings is 1. The summed E-state index contributed by atoms with van der Waals surface area (Å²) in [6, 6.07) is 7.67. The highest BCUT2D eigenvalue weighted by molar-refractivity contribution is 7.22. The number of ether oxygens (including phenoxy) is 1. The molecular weight excluding hydrogens is 300 g/mol. The molecule has 0 spiro atoms. The Hall–Kier alpha value is -1.95. The number of esters is 1. The number of rotatable bonds is 4. The lowest BCUT2D eigenvalue weighted by atomic mass is 9.89.